The van der Waals surface area contributed by atoms with E-state index in [0.29, 0.717) is 42.9 Å². The molecule has 2 amide bonds. The monoisotopic (exact) mass is 587 g/mol. The third kappa shape index (κ3) is 7.90. The molecule has 0 saturated heterocycles. The van der Waals surface area contributed by atoms with Gasteiger partial charge >= 0.3 is 5.97 Å². The molecule has 1 atom stereocenters. The third-order valence-electron chi connectivity index (χ3n) is 8.27. The number of H-pyrrole nitrogens is 1. The van der Waals surface area contributed by atoms with Crippen molar-refractivity contribution >= 4 is 17.8 Å². The number of hydrogen-bond acceptors (Lipinski definition) is 5. The number of hydrogen-bond donors (Lipinski definition) is 2. The smallest absolute Gasteiger partial charge is 0.335 e. The highest BCUT2D eigenvalue weighted by atomic mass is 16.4. The number of imidazole rings is 1. The number of carboxylic acid groups (broad SMARTS) is 1. The number of carbonyl (C=O) groups is 3. The number of aromatic amines is 1. The minimum Gasteiger partial charge on any atom is -0.478 e. The average Bonchev–Trinajstić information content (AvgIpc) is 3.48. The first kappa shape index (κ1) is 31.9. The second-order valence-electron chi connectivity index (χ2n) is 11.6. The molecule has 1 aromatic heterocycles. The van der Waals surface area contributed by atoms with Crippen molar-refractivity contribution in [2.24, 2.45) is 0 Å². The van der Waals surface area contributed by atoms with E-state index >= 15 is 0 Å². The van der Waals surface area contributed by atoms with Crippen LogP contribution in [0.15, 0.2) is 48.7 Å². The topological polar surface area (TPSA) is 110 Å². The molecule has 0 radical (unpaired) electrons. The summed E-state index contributed by atoms with van der Waals surface area (Å²) in [7, 11) is 3.89. The fourth-order valence-electron chi connectivity index (χ4n) is 5.66. The van der Waals surface area contributed by atoms with Crippen molar-refractivity contribution in [2.75, 3.05) is 33.7 Å². The molecule has 0 saturated carbocycles. The number of amides is 2. The zero-order valence-electron chi connectivity index (χ0n) is 25.9. The molecule has 3 aromatic rings. The highest BCUT2D eigenvalue weighted by Crippen LogP contribution is 2.27. The number of carboxylic acids is 1. The zero-order chi connectivity index (χ0) is 30.9. The van der Waals surface area contributed by atoms with E-state index in [4.69, 9.17) is 0 Å². The highest BCUT2D eigenvalue weighted by molar-refractivity contribution is 6.02. The van der Waals surface area contributed by atoms with Gasteiger partial charge in [-0.1, -0.05) is 51.0 Å². The van der Waals surface area contributed by atoms with Crippen molar-refractivity contribution in [3.63, 3.8) is 0 Å². The van der Waals surface area contributed by atoms with Crippen LogP contribution in [0.4, 0.5) is 0 Å². The van der Waals surface area contributed by atoms with Gasteiger partial charge in [-0.25, -0.2) is 9.78 Å². The number of carbonyl (C=O) groups excluding carboxylic acids is 2. The normalized spacial score (nSPS) is 13.6. The van der Waals surface area contributed by atoms with Gasteiger partial charge in [-0.3, -0.25) is 14.5 Å². The zero-order valence-corrected chi connectivity index (χ0v) is 25.9. The molecule has 1 aliphatic rings. The summed E-state index contributed by atoms with van der Waals surface area (Å²) in [6, 6.07) is 12.4. The van der Waals surface area contributed by atoms with Crippen LogP contribution in [0.1, 0.15) is 83.5 Å². The lowest BCUT2D eigenvalue weighted by Crippen LogP contribution is -2.47. The van der Waals surface area contributed by atoms with Crippen molar-refractivity contribution < 1.29 is 19.5 Å². The largest absolute Gasteiger partial charge is 0.478 e. The van der Waals surface area contributed by atoms with Crippen molar-refractivity contribution in [2.45, 2.75) is 71.4 Å². The Bertz CT molecular complexity index is 1410. The van der Waals surface area contributed by atoms with Gasteiger partial charge in [-0.15, -0.1) is 0 Å². The average molecular weight is 588 g/mol. The Labute approximate surface area is 254 Å². The maximum atomic E-state index is 13.8. The second kappa shape index (κ2) is 15.0. The molecule has 43 heavy (non-hydrogen) atoms. The van der Waals surface area contributed by atoms with Gasteiger partial charge in [0, 0.05) is 43.6 Å². The number of aromatic carboxylic acids is 1. The van der Waals surface area contributed by atoms with Gasteiger partial charge in [-0.05, 0) is 75.5 Å². The van der Waals surface area contributed by atoms with Gasteiger partial charge in [0.05, 0.1) is 17.2 Å². The maximum absolute atomic E-state index is 13.8. The predicted octanol–water partition coefficient (Wildman–Crippen LogP) is 5.27. The molecule has 0 fully saturated rings. The van der Waals surface area contributed by atoms with E-state index in [1.807, 2.05) is 42.1 Å². The lowest BCUT2D eigenvalue weighted by atomic mass is 9.97. The molecule has 9 nitrogen and oxygen atoms in total. The van der Waals surface area contributed by atoms with Crippen LogP contribution in [0.3, 0.4) is 0 Å². The molecule has 2 heterocycles. The number of nitrogens with one attached hydrogen (secondary N) is 1. The van der Waals surface area contributed by atoms with E-state index in [1.54, 1.807) is 17.2 Å². The lowest BCUT2D eigenvalue weighted by Gasteiger charge is -2.31. The number of likely N-dealkylation sites (N-methyl/N-ethyl adjacent to an activating group) is 1. The summed E-state index contributed by atoms with van der Waals surface area (Å²) >= 11 is 0. The lowest BCUT2D eigenvalue weighted by molar-refractivity contribution is -0.136. The van der Waals surface area contributed by atoms with Gasteiger partial charge in [0.25, 0.3) is 5.91 Å². The number of nitrogens with zero attached hydrogens (tertiary/aromatic N) is 4. The summed E-state index contributed by atoms with van der Waals surface area (Å²) in [5.74, 6) is -0.640. The van der Waals surface area contributed by atoms with Crippen LogP contribution >= 0.6 is 0 Å². The van der Waals surface area contributed by atoms with Gasteiger partial charge in [0.15, 0.2) is 0 Å². The summed E-state index contributed by atoms with van der Waals surface area (Å²) in [4.78, 5) is 52.9. The maximum Gasteiger partial charge on any atom is 0.335 e. The number of unbranched alkanes of at least 4 members (excludes halogenated alkanes) is 2. The predicted molar refractivity (Wildman–Crippen MR) is 168 cm³/mol. The summed E-state index contributed by atoms with van der Waals surface area (Å²) in [5, 5.41) is 9.66. The first-order chi connectivity index (χ1) is 20.7. The standard InChI is InChI=1S/C34H45N5O4/c1-5-7-18-38(19-8-6-2)33(41)30(37(3)4)16-14-27-22-35-31(36-27)28-15-13-25(34(42)43)21-29(28)32(40)39-20-17-24-11-9-10-12-26(24)23-39/h9-13,15,21-22,30H,5-8,14,16-20,23H2,1-4H3,(H,35,36)(H,42,43). The second-order valence-corrected chi connectivity index (χ2v) is 11.6. The number of aryl methyl sites for hydroxylation is 1. The van der Waals surface area contributed by atoms with Crippen LogP contribution in [-0.4, -0.2) is 87.3 Å². The van der Waals surface area contributed by atoms with Gasteiger partial charge < -0.3 is 19.9 Å². The van der Waals surface area contributed by atoms with Crippen molar-refractivity contribution in [3.8, 4) is 11.4 Å². The molecule has 0 spiro atoms. The number of rotatable bonds is 14. The van der Waals surface area contributed by atoms with Gasteiger partial charge in [0.1, 0.15) is 5.82 Å². The summed E-state index contributed by atoms with van der Waals surface area (Å²) in [5.41, 5.74) is 4.12. The van der Waals surface area contributed by atoms with Crippen LogP contribution < -0.4 is 0 Å². The molecule has 0 bridgehead atoms. The molecule has 1 aliphatic heterocycles. The van der Waals surface area contributed by atoms with E-state index in [-0.39, 0.29) is 23.4 Å². The van der Waals surface area contributed by atoms with E-state index in [0.717, 1.165) is 56.5 Å². The molecule has 4 rings (SSSR count). The van der Waals surface area contributed by atoms with E-state index < -0.39 is 5.97 Å². The summed E-state index contributed by atoms with van der Waals surface area (Å²) in [6.07, 6.45) is 7.80. The molecular formula is C34H45N5O4. The molecule has 9 heteroatoms. The minimum atomic E-state index is -1.09. The molecule has 1 unspecified atom stereocenters. The number of benzene rings is 2. The molecule has 2 aromatic carbocycles. The van der Waals surface area contributed by atoms with E-state index in [1.165, 1.54) is 17.7 Å². The fourth-order valence-corrected chi connectivity index (χ4v) is 5.66. The summed E-state index contributed by atoms with van der Waals surface area (Å²) < 4.78 is 0. The first-order valence-corrected chi connectivity index (χ1v) is 15.5. The summed E-state index contributed by atoms with van der Waals surface area (Å²) in [6.45, 7) is 6.87. The van der Waals surface area contributed by atoms with Crippen LogP contribution in [0.25, 0.3) is 11.4 Å². The molecule has 0 aliphatic carbocycles. The van der Waals surface area contributed by atoms with Gasteiger partial charge in [0.2, 0.25) is 5.91 Å². The van der Waals surface area contributed by atoms with Crippen molar-refractivity contribution in [1.29, 1.82) is 0 Å². The van der Waals surface area contributed by atoms with Crippen LogP contribution in [0.2, 0.25) is 0 Å². The molecular weight excluding hydrogens is 542 g/mol. The van der Waals surface area contributed by atoms with Crippen molar-refractivity contribution in [1.82, 2.24) is 24.7 Å². The minimum absolute atomic E-state index is 0.0549. The van der Waals surface area contributed by atoms with Crippen LogP contribution in [0, 0.1) is 0 Å². The van der Waals surface area contributed by atoms with E-state index in [9.17, 15) is 19.5 Å². The highest BCUT2D eigenvalue weighted by Gasteiger charge is 2.27. The Balaban J connectivity index is 1.53. The van der Waals surface area contributed by atoms with Crippen molar-refractivity contribution in [3.05, 3.63) is 76.6 Å². The Morgan fingerprint density at radius 3 is 2.37 bits per heavy atom. The van der Waals surface area contributed by atoms with Crippen LogP contribution in [-0.2, 0) is 24.2 Å². The Kier molecular flexibility index (Phi) is 11.1. The third-order valence-corrected chi connectivity index (χ3v) is 8.27. The Hall–Kier alpha value is -3.98. The molecule has 2 N–H and O–H groups in total. The quantitative estimate of drug-likeness (QED) is 0.266. The first-order valence-electron chi connectivity index (χ1n) is 15.5. The van der Waals surface area contributed by atoms with Gasteiger partial charge in [-0.2, -0.15) is 0 Å². The van der Waals surface area contributed by atoms with Crippen LogP contribution in [0.5, 0.6) is 0 Å². The number of fused-ring (bicyclic) bond motifs is 1. The SMILES string of the molecule is CCCCN(CCCC)C(=O)C(CCc1cnc(-c2ccc(C(=O)O)cc2C(=O)N2CCc3ccccc3C2)[nH]1)N(C)C. The van der Waals surface area contributed by atoms with E-state index in [2.05, 4.69) is 29.9 Å². The fraction of sp³-hybridized carbons (Fsp3) is 0.471. The Morgan fingerprint density at radius 1 is 1.02 bits per heavy atom. The Morgan fingerprint density at radius 2 is 1.72 bits per heavy atom. The number of aromatic nitrogens is 2. The molecule has 230 valence electrons.